The van der Waals surface area contributed by atoms with Crippen LogP contribution in [0.4, 0.5) is 0 Å². The molecule has 0 spiro atoms. The van der Waals surface area contributed by atoms with Crippen molar-refractivity contribution in [1.82, 2.24) is 0 Å². The molecule has 16 aromatic carbocycles. The smallest absolute Gasteiger partial charge is 0.366 e. The van der Waals surface area contributed by atoms with Crippen molar-refractivity contribution in [3.63, 3.8) is 0 Å². The van der Waals surface area contributed by atoms with Gasteiger partial charge >= 0.3 is 89.5 Å². The molecule has 0 unspecified atom stereocenters. The number of benzene rings is 16. The Balaban J connectivity index is 0.000000154. The van der Waals surface area contributed by atoms with Crippen molar-refractivity contribution >= 4 is 132 Å². The fourth-order valence-corrected chi connectivity index (χ4v) is 40.3. The van der Waals surface area contributed by atoms with Gasteiger partial charge in [-0.2, -0.15) is 0 Å². The van der Waals surface area contributed by atoms with Crippen LogP contribution < -0.4 is 83.9 Å². The van der Waals surface area contributed by atoms with E-state index < -0.39 is 47.8 Å². The summed E-state index contributed by atoms with van der Waals surface area (Å²) in [7, 11) is -8.07. The Hall–Kier alpha value is -9.13. The van der Waals surface area contributed by atoms with Gasteiger partial charge in [0.15, 0.2) is 22.1 Å². The fourth-order valence-electron chi connectivity index (χ4n) is 16.9. The molecule has 0 saturated carbocycles. The van der Waals surface area contributed by atoms with Crippen LogP contribution in [0, 0.1) is 49.4 Å². The summed E-state index contributed by atoms with van der Waals surface area (Å²) in [6, 6.07) is 157. The standard InChI is InChI=1S/C28H28P2.2C28H16Si.C25H22P2.4Au/c1-5-15-25(16-6-1)29(26-17-7-2-8-18-26)23-13-14-24-30(27-19-9-3-10-20-27)28-21-11-4-12-22-28;2*1-3-21-15-17-27-25(19-21)26-20-22(4-2)16-18-28(26)29(27,23-11-7-5-8-12-23)24-13-9-6-10-14-24;1-5-13-22(14-6-1)26(23-15-7-2-8-16-23)21-27(24-17-9-3-10-18-24)25-19-11-4-12-20-25;;;;/h1-12,15-22H,13-14,23-24H2;2*5-20H;1-20H,21H2;;;;/q;2*-2;;4*+1/p+4. The van der Waals surface area contributed by atoms with Gasteiger partial charge in [-0.25, -0.2) is 0 Å². The SMILES string of the molecule is [Au+].[Au+].[Au+].[Au+].[C-]#Cc1ccc2c(c1)-c1cc(C#[C-])ccc1[Si]2(c1ccccc1)c1ccccc1.[C-]#Cc1ccc2c(c1)-c1cc(C#[C-])ccc1[Si]2(c1ccccc1)c1ccccc1.c1ccc([PH+](CCCC[PH+](c2ccccc2)c2ccccc2)c2ccccc2)cc1.c1ccc([PH+](C[PH+](c2ccccc2)c2ccccc2)c2ccccc2)cc1. The molecule has 0 N–H and O–H groups in total. The zero-order valence-electron chi connectivity index (χ0n) is 65.3. The van der Waals surface area contributed by atoms with Crippen molar-refractivity contribution in [2.75, 3.05) is 18.2 Å². The molecule has 16 aromatic rings. The minimum absolute atomic E-state index is 0. The summed E-state index contributed by atoms with van der Waals surface area (Å²) in [6.07, 6.45) is 35.7. The van der Waals surface area contributed by atoms with Crippen LogP contribution in [-0.4, -0.2) is 34.4 Å². The quantitative estimate of drug-likeness (QED) is 0.0249. The van der Waals surface area contributed by atoms with Crippen molar-refractivity contribution in [3.05, 3.63) is 485 Å². The van der Waals surface area contributed by atoms with E-state index in [4.69, 9.17) is 25.7 Å². The maximum absolute atomic E-state index is 7.61. The summed E-state index contributed by atoms with van der Waals surface area (Å²) in [6.45, 7) is 0. The molecule has 2 aliphatic rings. The summed E-state index contributed by atoms with van der Waals surface area (Å²) in [5, 5.41) is 22.8. The molecule has 119 heavy (non-hydrogen) atoms. The molecule has 0 aliphatic carbocycles. The maximum atomic E-state index is 7.61. The normalized spacial score (nSPS) is 11.7. The number of rotatable bonds is 19. The predicted octanol–water partition coefficient (Wildman–Crippen LogP) is 16.0. The average Bonchev–Trinajstić information content (AvgIpc) is 1.55. The molecule has 0 bridgehead atoms. The van der Waals surface area contributed by atoms with Gasteiger partial charge in [-0.1, -0.05) is 291 Å². The summed E-state index contributed by atoms with van der Waals surface area (Å²) < 4.78 is 0. The minimum Gasteiger partial charge on any atom is -0.366 e. The number of fused-ring (bicyclic) bond motifs is 6. The van der Waals surface area contributed by atoms with E-state index >= 15 is 0 Å². The number of unbranched alkanes of at least 4 members (excludes halogenated alkanes) is 1. The molecule has 0 fully saturated rings. The molecule has 2 heterocycles. The third-order valence-electron chi connectivity index (χ3n) is 22.1. The Labute approximate surface area is 774 Å². The zero-order valence-corrected chi connectivity index (χ0v) is 80.0. The van der Waals surface area contributed by atoms with Crippen molar-refractivity contribution in [3.8, 4) is 45.9 Å². The summed E-state index contributed by atoms with van der Waals surface area (Å²) in [5.41, 5.74) is 7.66. The topological polar surface area (TPSA) is 0 Å². The van der Waals surface area contributed by atoms with Crippen LogP contribution in [0.15, 0.2) is 437 Å². The first-order valence-electron chi connectivity index (χ1n) is 39.3. The molecule has 18 rings (SSSR count). The average molecular weight is 2360 g/mol. The van der Waals surface area contributed by atoms with E-state index in [-0.39, 0.29) is 89.5 Å². The number of hydrogen-bond donors (Lipinski definition) is 0. The third-order valence-corrected chi connectivity index (χ3v) is 44.7. The monoisotopic (exact) mass is 2360 g/mol. The Morgan fingerprint density at radius 3 is 0.521 bits per heavy atom. The van der Waals surface area contributed by atoms with Gasteiger partial charge in [0.1, 0.15) is 37.1 Å². The molecule has 0 amide bonds. The van der Waals surface area contributed by atoms with Crippen LogP contribution in [0.25, 0.3) is 22.3 Å². The van der Waals surface area contributed by atoms with Crippen LogP contribution in [0.2, 0.25) is 0 Å². The summed E-state index contributed by atoms with van der Waals surface area (Å²) in [5.74, 6) is 11.4. The number of hydrogen-bond acceptors (Lipinski definition) is 0. The van der Waals surface area contributed by atoms with Gasteiger partial charge in [-0.05, 0) is 174 Å². The second-order valence-corrected chi connectivity index (χ2v) is 47.1. The summed E-state index contributed by atoms with van der Waals surface area (Å²) in [4.78, 5) is 0. The first-order valence-corrected chi connectivity index (χ1v) is 50.1. The predicted molar refractivity (Wildman–Crippen MR) is 509 cm³/mol. The fraction of sp³-hybridized carbons (Fsp3) is 0.0459. The third kappa shape index (κ3) is 20.6. The van der Waals surface area contributed by atoms with E-state index in [1.807, 2.05) is 24.3 Å². The second kappa shape index (κ2) is 45.0. The van der Waals surface area contributed by atoms with E-state index in [0.29, 0.717) is 0 Å². The Morgan fingerprint density at radius 1 is 0.193 bits per heavy atom. The molecule has 0 saturated heterocycles. The van der Waals surface area contributed by atoms with Crippen LogP contribution in [0.1, 0.15) is 35.1 Å². The molecular formula is C109H86Au4P4Si2+4. The van der Waals surface area contributed by atoms with Crippen molar-refractivity contribution < 1.29 is 89.5 Å². The maximum Gasteiger partial charge on any atom is 1.00 e. The van der Waals surface area contributed by atoms with Gasteiger partial charge in [0.2, 0.25) is 0 Å². The van der Waals surface area contributed by atoms with Crippen molar-refractivity contribution in [1.29, 1.82) is 0 Å². The van der Waals surface area contributed by atoms with Gasteiger partial charge in [0.05, 0.1) is 49.4 Å². The van der Waals surface area contributed by atoms with E-state index in [0.717, 1.165) is 44.5 Å². The van der Waals surface area contributed by atoms with Gasteiger partial charge < -0.3 is 25.7 Å². The molecule has 0 nitrogen and oxygen atoms in total. The largest absolute Gasteiger partial charge is 1.00 e. The summed E-state index contributed by atoms with van der Waals surface area (Å²) >= 11 is 0. The Kier molecular flexibility index (Phi) is 34.2. The van der Waals surface area contributed by atoms with Crippen LogP contribution in [-0.2, 0) is 89.5 Å². The minimum atomic E-state index is -2.48. The first-order chi connectivity index (χ1) is 56.9. The first kappa shape index (κ1) is 90.6. The molecule has 0 aromatic heterocycles. The van der Waals surface area contributed by atoms with E-state index in [1.54, 1.807) is 0 Å². The van der Waals surface area contributed by atoms with Crippen molar-refractivity contribution in [2.24, 2.45) is 0 Å². The second-order valence-electron chi connectivity index (χ2n) is 28.7. The van der Waals surface area contributed by atoms with Gasteiger partial charge in [0, 0.05) is 0 Å². The molecular weight excluding hydrogens is 2280 g/mol. The van der Waals surface area contributed by atoms with Crippen LogP contribution >= 0.6 is 31.7 Å². The van der Waals surface area contributed by atoms with Crippen molar-refractivity contribution in [2.45, 2.75) is 12.8 Å². The molecule has 10 heteroatoms. The Morgan fingerprint density at radius 2 is 0.353 bits per heavy atom. The molecule has 0 atom stereocenters. The van der Waals surface area contributed by atoms with E-state index in [1.165, 1.54) is 115 Å². The molecule has 2 aliphatic heterocycles. The van der Waals surface area contributed by atoms with Crippen LogP contribution in [0.3, 0.4) is 0 Å². The Bertz CT molecular complexity index is 5320. The zero-order chi connectivity index (χ0) is 78.4. The molecule has 0 radical (unpaired) electrons. The van der Waals surface area contributed by atoms with E-state index in [9.17, 15) is 0 Å². The van der Waals surface area contributed by atoms with Crippen LogP contribution in [0.5, 0.6) is 0 Å². The molecule has 590 valence electrons. The van der Waals surface area contributed by atoms with Gasteiger partial charge in [-0.3, -0.25) is 23.7 Å². The van der Waals surface area contributed by atoms with Gasteiger partial charge in [0.25, 0.3) is 0 Å². The van der Waals surface area contributed by atoms with Gasteiger partial charge in [-0.15, -0.1) is 70.8 Å². The van der Waals surface area contributed by atoms with E-state index in [2.05, 4.69) is 436 Å².